The van der Waals surface area contributed by atoms with Crippen molar-refractivity contribution < 1.29 is 13.2 Å². The molecule has 0 heterocycles. The van der Waals surface area contributed by atoms with E-state index in [4.69, 9.17) is 5.73 Å². The average Bonchev–Trinajstić information content (AvgIpc) is 2.44. The predicted molar refractivity (Wildman–Crippen MR) is 81.6 cm³/mol. The maximum atomic E-state index is 12.1. The zero-order chi connectivity index (χ0) is 15.5. The Balaban J connectivity index is 2.18. The van der Waals surface area contributed by atoms with Crippen LogP contribution in [-0.2, 0) is 16.4 Å². The number of nitrogens with one attached hydrogen (secondary N) is 1. The molecule has 110 valence electrons. The quantitative estimate of drug-likeness (QED) is 0.840. The number of anilines is 1. The van der Waals surface area contributed by atoms with Crippen molar-refractivity contribution in [3.63, 3.8) is 0 Å². The normalized spacial score (nSPS) is 11.1. The van der Waals surface area contributed by atoms with E-state index in [9.17, 15) is 13.2 Å². The highest BCUT2D eigenvalue weighted by Gasteiger charge is 2.13. The lowest BCUT2D eigenvalue weighted by Gasteiger charge is -2.08. The molecule has 0 bridgehead atoms. The Hall–Kier alpha value is -2.34. The van der Waals surface area contributed by atoms with E-state index >= 15 is 0 Å². The number of rotatable bonds is 4. The van der Waals surface area contributed by atoms with Crippen LogP contribution in [0.1, 0.15) is 15.9 Å². The highest BCUT2D eigenvalue weighted by Crippen LogP contribution is 2.17. The first-order valence-corrected chi connectivity index (χ1v) is 8.18. The van der Waals surface area contributed by atoms with Crippen molar-refractivity contribution in [3.05, 3.63) is 59.7 Å². The first-order valence-electron chi connectivity index (χ1n) is 6.29. The van der Waals surface area contributed by atoms with Gasteiger partial charge >= 0.3 is 0 Å². The second-order valence-electron chi connectivity index (χ2n) is 4.73. The van der Waals surface area contributed by atoms with Gasteiger partial charge in [0.2, 0.25) is 0 Å². The highest BCUT2D eigenvalue weighted by atomic mass is 32.2. The third-order valence-electron chi connectivity index (χ3n) is 2.92. The maximum Gasteiger partial charge on any atom is 0.251 e. The third-order valence-corrected chi connectivity index (χ3v) is 4.01. The molecular weight excluding hydrogens is 288 g/mol. The number of carbonyl (C=O) groups excluding carboxylic acids is 1. The molecule has 5 nitrogen and oxygen atoms in total. The number of carbonyl (C=O) groups is 1. The van der Waals surface area contributed by atoms with Crippen molar-refractivity contribution in [1.82, 2.24) is 5.32 Å². The number of sulfone groups is 1. The molecule has 21 heavy (non-hydrogen) atoms. The Labute approximate surface area is 123 Å². The first kappa shape index (κ1) is 15.1. The average molecular weight is 304 g/mol. The number of amides is 1. The molecule has 0 aliphatic heterocycles. The van der Waals surface area contributed by atoms with Crippen molar-refractivity contribution in [2.45, 2.75) is 11.4 Å². The molecule has 0 saturated carbocycles. The number of benzene rings is 2. The van der Waals surface area contributed by atoms with Crippen molar-refractivity contribution in [3.8, 4) is 0 Å². The van der Waals surface area contributed by atoms with Gasteiger partial charge in [0.15, 0.2) is 9.84 Å². The molecule has 1 amide bonds. The van der Waals surface area contributed by atoms with Gasteiger partial charge in [-0.1, -0.05) is 30.3 Å². The van der Waals surface area contributed by atoms with Crippen molar-refractivity contribution in [1.29, 1.82) is 0 Å². The Kier molecular flexibility index (Phi) is 4.28. The van der Waals surface area contributed by atoms with Crippen molar-refractivity contribution in [2.24, 2.45) is 0 Å². The van der Waals surface area contributed by atoms with Crippen LogP contribution in [0.4, 0.5) is 5.69 Å². The standard InChI is InChI=1S/C15H16N2O3S/c1-21(19,20)14-8-12(7-13(16)9-14)15(18)17-10-11-5-3-2-4-6-11/h2-9H,10,16H2,1H3,(H,17,18). The Morgan fingerprint density at radius 3 is 2.43 bits per heavy atom. The maximum absolute atomic E-state index is 12.1. The Bertz CT molecular complexity index is 756. The Morgan fingerprint density at radius 2 is 1.81 bits per heavy atom. The summed E-state index contributed by atoms with van der Waals surface area (Å²) in [5.41, 5.74) is 7.08. The van der Waals surface area contributed by atoms with E-state index < -0.39 is 9.84 Å². The van der Waals surface area contributed by atoms with Crippen LogP contribution < -0.4 is 11.1 Å². The topological polar surface area (TPSA) is 89.3 Å². The van der Waals surface area contributed by atoms with E-state index in [1.54, 1.807) is 0 Å². The number of hydrogen-bond acceptors (Lipinski definition) is 4. The third kappa shape index (κ3) is 4.06. The van der Waals surface area contributed by atoms with Crippen LogP contribution in [-0.4, -0.2) is 20.6 Å². The fraction of sp³-hybridized carbons (Fsp3) is 0.133. The molecule has 0 aliphatic rings. The zero-order valence-electron chi connectivity index (χ0n) is 11.5. The number of nitrogen functional groups attached to an aromatic ring is 1. The molecular formula is C15H16N2O3S. The van der Waals surface area contributed by atoms with Crippen molar-refractivity contribution >= 4 is 21.4 Å². The lowest BCUT2D eigenvalue weighted by atomic mass is 10.1. The summed E-state index contributed by atoms with van der Waals surface area (Å²) in [6, 6.07) is 13.5. The fourth-order valence-electron chi connectivity index (χ4n) is 1.85. The van der Waals surface area contributed by atoms with Crippen LogP contribution >= 0.6 is 0 Å². The van der Waals surface area contributed by atoms with Gasteiger partial charge in [0.25, 0.3) is 5.91 Å². The summed E-state index contributed by atoms with van der Waals surface area (Å²) < 4.78 is 23.1. The minimum atomic E-state index is -3.41. The molecule has 2 rings (SSSR count). The first-order chi connectivity index (χ1) is 9.86. The van der Waals surface area contributed by atoms with Crippen LogP contribution in [0, 0.1) is 0 Å². The fourth-order valence-corrected chi connectivity index (χ4v) is 2.54. The molecule has 0 atom stereocenters. The van der Waals surface area contributed by atoms with Crippen LogP contribution in [0.15, 0.2) is 53.4 Å². The van der Waals surface area contributed by atoms with Gasteiger partial charge in [-0.05, 0) is 23.8 Å². The van der Waals surface area contributed by atoms with Crippen LogP contribution in [0.5, 0.6) is 0 Å². The van der Waals surface area contributed by atoms with Gasteiger partial charge in [0.1, 0.15) is 0 Å². The van der Waals surface area contributed by atoms with Gasteiger partial charge in [-0.15, -0.1) is 0 Å². The SMILES string of the molecule is CS(=O)(=O)c1cc(N)cc(C(=O)NCc2ccccc2)c1. The van der Waals surface area contributed by atoms with E-state index in [0.717, 1.165) is 11.8 Å². The largest absolute Gasteiger partial charge is 0.399 e. The monoisotopic (exact) mass is 304 g/mol. The van der Waals surface area contributed by atoms with E-state index in [-0.39, 0.29) is 22.1 Å². The second-order valence-corrected chi connectivity index (χ2v) is 6.75. The lowest BCUT2D eigenvalue weighted by Crippen LogP contribution is -2.23. The van der Waals surface area contributed by atoms with Crippen LogP contribution in [0.25, 0.3) is 0 Å². The van der Waals surface area contributed by atoms with E-state index in [0.29, 0.717) is 6.54 Å². The summed E-state index contributed by atoms with van der Waals surface area (Å²) in [4.78, 5) is 12.1. The summed E-state index contributed by atoms with van der Waals surface area (Å²) in [5.74, 6) is -0.365. The molecule has 2 aromatic rings. The van der Waals surface area contributed by atoms with Gasteiger partial charge in [-0.25, -0.2) is 8.42 Å². The summed E-state index contributed by atoms with van der Waals surface area (Å²) in [5, 5.41) is 2.73. The van der Waals surface area contributed by atoms with Gasteiger partial charge in [-0.3, -0.25) is 4.79 Å². The molecule has 0 aromatic heterocycles. The lowest BCUT2D eigenvalue weighted by molar-refractivity contribution is 0.0950. The number of hydrogen-bond donors (Lipinski definition) is 2. The summed E-state index contributed by atoms with van der Waals surface area (Å²) in [6.07, 6.45) is 1.08. The smallest absolute Gasteiger partial charge is 0.251 e. The number of nitrogens with two attached hydrogens (primary N) is 1. The van der Waals surface area contributed by atoms with Gasteiger partial charge in [0, 0.05) is 24.1 Å². The molecule has 0 radical (unpaired) electrons. The molecule has 0 unspecified atom stereocenters. The molecule has 3 N–H and O–H groups in total. The van der Waals surface area contributed by atoms with Crippen molar-refractivity contribution in [2.75, 3.05) is 12.0 Å². The molecule has 0 saturated heterocycles. The molecule has 0 aliphatic carbocycles. The highest BCUT2D eigenvalue weighted by molar-refractivity contribution is 7.90. The minimum Gasteiger partial charge on any atom is -0.399 e. The summed E-state index contributed by atoms with van der Waals surface area (Å²) >= 11 is 0. The molecule has 2 aromatic carbocycles. The van der Waals surface area contributed by atoms with E-state index in [2.05, 4.69) is 5.32 Å². The molecule has 0 spiro atoms. The van der Waals surface area contributed by atoms with Crippen LogP contribution in [0.2, 0.25) is 0 Å². The predicted octanol–water partition coefficient (Wildman–Crippen LogP) is 1.60. The minimum absolute atomic E-state index is 0.0346. The molecule has 0 fully saturated rings. The van der Waals surface area contributed by atoms with Crippen LogP contribution in [0.3, 0.4) is 0 Å². The van der Waals surface area contributed by atoms with E-state index in [1.165, 1.54) is 18.2 Å². The summed E-state index contributed by atoms with van der Waals surface area (Å²) in [6.45, 7) is 0.364. The second kappa shape index (κ2) is 5.97. The van der Waals surface area contributed by atoms with Gasteiger partial charge < -0.3 is 11.1 Å². The Morgan fingerprint density at radius 1 is 1.14 bits per heavy atom. The van der Waals surface area contributed by atoms with E-state index in [1.807, 2.05) is 30.3 Å². The molecule has 6 heteroatoms. The summed E-state index contributed by atoms with van der Waals surface area (Å²) in [7, 11) is -3.41. The van der Waals surface area contributed by atoms with Gasteiger partial charge in [0.05, 0.1) is 4.90 Å². The van der Waals surface area contributed by atoms with Gasteiger partial charge in [-0.2, -0.15) is 0 Å². The zero-order valence-corrected chi connectivity index (χ0v) is 12.4.